The van der Waals surface area contributed by atoms with Crippen LogP contribution >= 0.6 is 0 Å². The van der Waals surface area contributed by atoms with Crippen LogP contribution in [0.2, 0.25) is 0 Å². The lowest BCUT2D eigenvalue weighted by atomic mass is 9.94. The molecule has 2 N–H and O–H groups in total. The lowest BCUT2D eigenvalue weighted by Crippen LogP contribution is -2.41. The molecule has 1 aromatic heterocycles. The van der Waals surface area contributed by atoms with E-state index in [0.29, 0.717) is 23.1 Å². The zero-order valence-electron chi connectivity index (χ0n) is 12.5. The van der Waals surface area contributed by atoms with Crippen molar-refractivity contribution >= 4 is 22.6 Å². The van der Waals surface area contributed by atoms with Gasteiger partial charge in [-0.2, -0.15) is 0 Å². The maximum absolute atomic E-state index is 12.7. The van der Waals surface area contributed by atoms with Crippen LogP contribution < -0.4 is 5.73 Å². The molecule has 112 valence electrons. The molecule has 1 amide bonds. The van der Waals surface area contributed by atoms with E-state index < -0.39 is 0 Å². The summed E-state index contributed by atoms with van der Waals surface area (Å²) in [6.45, 7) is 2.76. The summed E-state index contributed by atoms with van der Waals surface area (Å²) >= 11 is 0. The molecule has 1 aliphatic rings. The first-order valence-electron chi connectivity index (χ1n) is 7.79. The molecule has 3 rings (SSSR count). The molecule has 1 aliphatic carbocycles. The molecule has 4 heteroatoms. The van der Waals surface area contributed by atoms with E-state index in [1.807, 2.05) is 24.0 Å². The summed E-state index contributed by atoms with van der Waals surface area (Å²) in [5.41, 5.74) is 7.17. The highest BCUT2D eigenvalue weighted by molar-refractivity contribution is 5.96. The molecule has 0 atom stereocenters. The lowest BCUT2D eigenvalue weighted by molar-refractivity contribution is 0.0618. The number of nitrogens with two attached hydrogens (primary N) is 1. The normalized spacial score (nSPS) is 16.2. The van der Waals surface area contributed by atoms with Crippen LogP contribution in [0.4, 0.5) is 5.69 Å². The maximum atomic E-state index is 12.7. The summed E-state index contributed by atoms with van der Waals surface area (Å²) in [7, 11) is 0. The molecule has 4 nitrogen and oxygen atoms in total. The molecular weight excluding hydrogens is 264 g/mol. The van der Waals surface area contributed by atoms with Crippen LogP contribution in [0.3, 0.4) is 0 Å². The van der Waals surface area contributed by atoms with Gasteiger partial charge in [0.25, 0.3) is 5.91 Å². The van der Waals surface area contributed by atoms with E-state index >= 15 is 0 Å². The fourth-order valence-electron chi connectivity index (χ4n) is 3.27. The van der Waals surface area contributed by atoms with Crippen LogP contribution in [-0.4, -0.2) is 23.4 Å². The number of nitrogens with zero attached hydrogens (tertiary/aromatic N) is 1. The van der Waals surface area contributed by atoms with Crippen molar-refractivity contribution in [1.82, 2.24) is 4.90 Å². The number of carbonyl (C=O) groups excluding carboxylic acids is 1. The van der Waals surface area contributed by atoms with Gasteiger partial charge in [0.2, 0.25) is 0 Å². The van der Waals surface area contributed by atoms with Crippen LogP contribution in [0, 0.1) is 0 Å². The maximum Gasteiger partial charge on any atom is 0.289 e. The van der Waals surface area contributed by atoms with Gasteiger partial charge in [0.1, 0.15) is 5.58 Å². The van der Waals surface area contributed by atoms with E-state index in [1.54, 1.807) is 12.1 Å². The highest BCUT2D eigenvalue weighted by Crippen LogP contribution is 2.26. The van der Waals surface area contributed by atoms with Gasteiger partial charge >= 0.3 is 0 Å². The first-order valence-corrected chi connectivity index (χ1v) is 7.79. The molecule has 1 aromatic carbocycles. The molecule has 1 heterocycles. The van der Waals surface area contributed by atoms with Crippen molar-refractivity contribution < 1.29 is 9.21 Å². The number of amides is 1. The molecule has 0 aliphatic heterocycles. The number of hydrogen-bond donors (Lipinski definition) is 1. The van der Waals surface area contributed by atoms with Crippen molar-refractivity contribution in [3.05, 3.63) is 30.0 Å². The summed E-state index contributed by atoms with van der Waals surface area (Å²) < 4.78 is 5.71. The Bertz CT molecular complexity index is 641. The Balaban J connectivity index is 1.86. The highest BCUT2D eigenvalue weighted by atomic mass is 16.3. The summed E-state index contributed by atoms with van der Waals surface area (Å²) in [6.07, 6.45) is 5.92. The van der Waals surface area contributed by atoms with Crippen LogP contribution in [0.25, 0.3) is 11.0 Å². The molecule has 0 bridgehead atoms. The van der Waals surface area contributed by atoms with Gasteiger partial charge in [0, 0.05) is 23.7 Å². The molecule has 0 saturated heterocycles. The van der Waals surface area contributed by atoms with Crippen LogP contribution in [0.5, 0.6) is 0 Å². The molecular formula is C17H22N2O2. The second-order valence-electron chi connectivity index (χ2n) is 5.79. The fourth-order valence-corrected chi connectivity index (χ4v) is 3.27. The van der Waals surface area contributed by atoms with E-state index in [-0.39, 0.29) is 5.91 Å². The van der Waals surface area contributed by atoms with Gasteiger partial charge < -0.3 is 15.1 Å². The van der Waals surface area contributed by atoms with E-state index in [2.05, 4.69) is 0 Å². The van der Waals surface area contributed by atoms with Crippen LogP contribution in [0.15, 0.2) is 28.7 Å². The Hall–Kier alpha value is -1.97. The van der Waals surface area contributed by atoms with Gasteiger partial charge in [0.05, 0.1) is 0 Å². The largest absolute Gasteiger partial charge is 0.451 e. The smallest absolute Gasteiger partial charge is 0.289 e. The third kappa shape index (κ3) is 2.75. The standard InChI is InChI=1S/C17H22N2O2/c1-2-19(14-6-4-3-5-7-14)17(20)16-11-12-10-13(18)8-9-15(12)21-16/h8-11,14H,2-7,18H2,1H3. The number of fused-ring (bicyclic) bond motifs is 1. The molecule has 0 unspecified atom stereocenters. The Morgan fingerprint density at radius 2 is 2.05 bits per heavy atom. The van der Waals surface area contributed by atoms with Crippen molar-refractivity contribution in [3.63, 3.8) is 0 Å². The van der Waals surface area contributed by atoms with Crippen molar-refractivity contribution in [1.29, 1.82) is 0 Å². The predicted octanol–water partition coefficient (Wildman–Crippen LogP) is 3.81. The average Bonchev–Trinajstić information content (AvgIpc) is 2.92. The van der Waals surface area contributed by atoms with Crippen LogP contribution in [-0.2, 0) is 0 Å². The summed E-state index contributed by atoms with van der Waals surface area (Å²) in [4.78, 5) is 14.7. The van der Waals surface area contributed by atoms with Crippen molar-refractivity contribution in [2.24, 2.45) is 0 Å². The van der Waals surface area contributed by atoms with E-state index in [4.69, 9.17) is 10.2 Å². The quantitative estimate of drug-likeness (QED) is 0.873. The molecule has 21 heavy (non-hydrogen) atoms. The zero-order chi connectivity index (χ0) is 14.8. The number of hydrogen-bond acceptors (Lipinski definition) is 3. The first kappa shape index (κ1) is 14.0. The number of benzene rings is 1. The minimum Gasteiger partial charge on any atom is -0.451 e. The Morgan fingerprint density at radius 1 is 1.29 bits per heavy atom. The topological polar surface area (TPSA) is 59.5 Å². The number of nitrogen functional groups attached to an aromatic ring is 1. The average molecular weight is 286 g/mol. The fraction of sp³-hybridized carbons (Fsp3) is 0.471. The number of furan rings is 1. The van der Waals surface area contributed by atoms with Gasteiger partial charge in [-0.25, -0.2) is 0 Å². The van der Waals surface area contributed by atoms with Gasteiger partial charge in [-0.05, 0) is 44.0 Å². The number of carbonyl (C=O) groups is 1. The first-order chi connectivity index (χ1) is 10.2. The third-order valence-electron chi connectivity index (χ3n) is 4.37. The van der Waals surface area contributed by atoms with Gasteiger partial charge in [0.15, 0.2) is 5.76 Å². The summed E-state index contributed by atoms with van der Waals surface area (Å²) in [5, 5.41) is 0.887. The minimum absolute atomic E-state index is 0.000767. The second kappa shape index (κ2) is 5.80. The lowest BCUT2D eigenvalue weighted by Gasteiger charge is -2.32. The van der Waals surface area contributed by atoms with Crippen molar-refractivity contribution in [2.75, 3.05) is 12.3 Å². The highest BCUT2D eigenvalue weighted by Gasteiger charge is 2.27. The van der Waals surface area contributed by atoms with Crippen LogP contribution in [0.1, 0.15) is 49.6 Å². The predicted molar refractivity (Wildman–Crippen MR) is 84.2 cm³/mol. The Kier molecular flexibility index (Phi) is 3.86. The van der Waals surface area contributed by atoms with E-state index in [0.717, 1.165) is 24.8 Å². The third-order valence-corrected chi connectivity index (χ3v) is 4.37. The zero-order valence-corrected chi connectivity index (χ0v) is 12.5. The summed E-state index contributed by atoms with van der Waals surface area (Å²) in [6, 6.07) is 7.61. The monoisotopic (exact) mass is 286 g/mol. The molecule has 1 fully saturated rings. The minimum atomic E-state index is -0.000767. The Morgan fingerprint density at radius 3 is 2.76 bits per heavy atom. The van der Waals surface area contributed by atoms with Crippen molar-refractivity contribution in [3.8, 4) is 0 Å². The molecule has 0 radical (unpaired) electrons. The molecule has 0 spiro atoms. The van der Waals surface area contributed by atoms with Gasteiger partial charge in [-0.3, -0.25) is 4.79 Å². The van der Waals surface area contributed by atoms with Gasteiger partial charge in [-0.15, -0.1) is 0 Å². The SMILES string of the molecule is CCN(C(=O)c1cc2cc(N)ccc2o1)C1CCCCC1. The molecule has 2 aromatic rings. The second-order valence-corrected chi connectivity index (χ2v) is 5.79. The van der Waals surface area contributed by atoms with Crippen molar-refractivity contribution in [2.45, 2.75) is 45.1 Å². The summed E-state index contributed by atoms with van der Waals surface area (Å²) in [5.74, 6) is 0.419. The van der Waals surface area contributed by atoms with E-state index in [9.17, 15) is 4.79 Å². The van der Waals surface area contributed by atoms with E-state index in [1.165, 1.54) is 19.3 Å². The Labute approximate surface area is 124 Å². The number of rotatable bonds is 3. The van der Waals surface area contributed by atoms with Gasteiger partial charge in [-0.1, -0.05) is 19.3 Å². The molecule has 1 saturated carbocycles. The number of anilines is 1.